The van der Waals surface area contributed by atoms with Gasteiger partial charge in [-0.2, -0.15) is 13.2 Å². The van der Waals surface area contributed by atoms with Crippen LogP contribution in [0.15, 0.2) is 37.6 Å². The number of rotatable bonds is 2. The first kappa shape index (κ1) is 14.3. The lowest BCUT2D eigenvalue weighted by Gasteiger charge is -2.11. The van der Waals surface area contributed by atoms with E-state index in [1.54, 1.807) is 0 Å². The van der Waals surface area contributed by atoms with Crippen molar-refractivity contribution in [2.45, 2.75) is 6.18 Å². The lowest BCUT2D eigenvalue weighted by molar-refractivity contribution is -0.138. The monoisotopic (exact) mass is 396 g/mol. The average molecular weight is 398 g/mol. The number of hydrogen-bond donors (Lipinski definition) is 0. The smallest absolute Gasteiger partial charge is 0.417 e. The van der Waals surface area contributed by atoms with Crippen molar-refractivity contribution in [3.63, 3.8) is 0 Å². The fourth-order valence-corrected chi connectivity index (χ4v) is 2.93. The number of benzene rings is 1. The van der Waals surface area contributed by atoms with Gasteiger partial charge in [-0.05, 0) is 40.2 Å². The number of carbonyl (C=O) groups excluding carboxylic acids is 1. The summed E-state index contributed by atoms with van der Waals surface area (Å²) in [5.74, 6) is 0.241. The number of furan rings is 1. The molecule has 0 aliphatic rings. The number of halogens is 5. The van der Waals surface area contributed by atoms with Crippen LogP contribution in [-0.4, -0.2) is 6.29 Å². The third-order valence-corrected chi connectivity index (χ3v) is 3.68. The van der Waals surface area contributed by atoms with E-state index in [1.165, 1.54) is 18.2 Å². The van der Waals surface area contributed by atoms with Gasteiger partial charge in [0.1, 0.15) is 5.76 Å². The van der Waals surface area contributed by atoms with Crippen molar-refractivity contribution in [2.24, 2.45) is 0 Å². The third kappa shape index (κ3) is 2.92. The Morgan fingerprint density at radius 1 is 1.11 bits per heavy atom. The molecule has 2 nitrogen and oxygen atoms in total. The molecule has 0 saturated carbocycles. The summed E-state index contributed by atoms with van der Waals surface area (Å²) in [6.07, 6.45) is -3.99. The maximum absolute atomic E-state index is 12.8. The van der Waals surface area contributed by atoms with Crippen LogP contribution in [0.3, 0.4) is 0 Å². The van der Waals surface area contributed by atoms with Gasteiger partial charge in [-0.15, -0.1) is 0 Å². The van der Waals surface area contributed by atoms with Crippen LogP contribution in [0.2, 0.25) is 0 Å². The Morgan fingerprint density at radius 2 is 1.79 bits per heavy atom. The van der Waals surface area contributed by atoms with Crippen molar-refractivity contribution in [3.05, 3.63) is 44.5 Å². The number of carbonyl (C=O) groups is 1. The highest BCUT2D eigenvalue weighted by molar-refractivity contribution is 9.11. The Balaban J connectivity index is 2.60. The van der Waals surface area contributed by atoms with E-state index in [1.807, 2.05) is 0 Å². The molecule has 0 unspecified atom stereocenters. The molecule has 100 valence electrons. The second-order valence-corrected chi connectivity index (χ2v) is 5.34. The molecule has 0 saturated heterocycles. The first-order chi connectivity index (χ1) is 8.82. The zero-order chi connectivity index (χ0) is 14.2. The van der Waals surface area contributed by atoms with Crippen molar-refractivity contribution in [1.82, 2.24) is 0 Å². The number of alkyl halides is 3. The summed E-state index contributed by atoms with van der Waals surface area (Å²) >= 11 is 6.04. The topological polar surface area (TPSA) is 30.2 Å². The highest BCUT2D eigenvalue weighted by Crippen LogP contribution is 2.41. The van der Waals surface area contributed by atoms with Gasteiger partial charge in [0.25, 0.3) is 0 Å². The summed E-state index contributed by atoms with van der Waals surface area (Å²) in [6, 6.07) is 5.09. The molecule has 19 heavy (non-hydrogen) atoms. The molecule has 0 radical (unpaired) electrons. The quantitative estimate of drug-likeness (QED) is 0.643. The molecule has 1 heterocycles. The predicted octanol–water partition coefficient (Wildman–Crippen LogP) is 5.30. The predicted molar refractivity (Wildman–Crippen MR) is 69.9 cm³/mol. The molecule has 0 spiro atoms. The molecule has 1 aromatic carbocycles. The van der Waals surface area contributed by atoms with Crippen LogP contribution < -0.4 is 0 Å². The van der Waals surface area contributed by atoms with Crippen LogP contribution >= 0.6 is 31.9 Å². The average Bonchev–Trinajstić information content (AvgIpc) is 2.75. The van der Waals surface area contributed by atoms with Gasteiger partial charge in [0, 0.05) is 14.5 Å². The van der Waals surface area contributed by atoms with Crippen molar-refractivity contribution >= 4 is 38.1 Å². The largest absolute Gasteiger partial charge is 0.453 e. The van der Waals surface area contributed by atoms with E-state index in [0.717, 1.165) is 6.07 Å². The second-order valence-electron chi connectivity index (χ2n) is 3.63. The van der Waals surface area contributed by atoms with Gasteiger partial charge in [-0.3, -0.25) is 4.79 Å². The molecule has 0 fully saturated rings. The van der Waals surface area contributed by atoms with E-state index in [-0.39, 0.29) is 21.6 Å². The van der Waals surface area contributed by atoms with Gasteiger partial charge in [0.2, 0.25) is 0 Å². The summed E-state index contributed by atoms with van der Waals surface area (Å²) in [5.41, 5.74) is -0.585. The first-order valence-corrected chi connectivity index (χ1v) is 6.53. The zero-order valence-corrected chi connectivity index (χ0v) is 12.3. The van der Waals surface area contributed by atoms with Crippen molar-refractivity contribution in [1.29, 1.82) is 0 Å². The third-order valence-electron chi connectivity index (χ3n) is 2.37. The van der Waals surface area contributed by atoms with Gasteiger partial charge in [0.05, 0.1) is 5.56 Å². The van der Waals surface area contributed by atoms with E-state index in [2.05, 4.69) is 31.9 Å². The minimum atomic E-state index is -4.48. The summed E-state index contributed by atoms with van der Waals surface area (Å²) in [4.78, 5) is 10.5. The normalized spacial score (nSPS) is 11.6. The van der Waals surface area contributed by atoms with Crippen molar-refractivity contribution < 1.29 is 22.4 Å². The van der Waals surface area contributed by atoms with Gasteiger partial charge in [0.15, 0.2) is 12.0 Å². The minimum absolute atomic E-state index is 0.0541. The van der Waals surface area contributed by atoms with Crippen molar-refractivity contribution in [2.75, 3.05) is 0 Å². The molecule has 0 N–H and O–H groups in total. The Hall–Kier alpha value is -1.08. The molecule has 1 aromatic heterocycles. The summed E-state index contributed by atoms with van der Waals surface area (Å²) < 4.78 is 43.9. The molecular formula is C12H5Br2F3O2. The SMILES string of the molecule is O=Cc1ccc(-c2cc(C(F)(F)F)c(Br)cc2Br)o1. The fraction of sp³-hybridized carbons (Fsp3) is 0.0833. The van der Waals surface area contributed by atoms with E-state index in [0.29, 0.717) is 10.8 Å². The fourth-order valence-electron chi connectivity index (χ4n) is 1.52. The lowest BCUT2D eigenvalue weighted by atomic mass is 10.1. The summed E-state index contributed by atoms with van der Waals surface area (Å²) in [7, 11) is 0. The molecule has 0 atom stereocenters. The lowest BCUT2D eigenvalue weighted by Crippen LogP contribution is -2.06. The van der Waals surface area contributed by atoms with E-state index in [4.69, 9.17) is 4.42 Å². The Morgan fingerprint density at radius 3 is 2.32 bits per heavy atom. The maximum Gasteiger partial charge on any atom is 0.417 e. The summed E-state index contributed by atoms with van der Waals surface area (Å²) in [6.45, 7) is 0. The van der Waals surface area contributed by atoms with Crippen LogP contribution in [0, 0.1) is 0 Å². The summed E-state index contributed by atoms with van der Waals surface area (Å²) in [5, 5.41) is 0. The minimum Gasteiger partial charge on any atom is -0.453 e. The van der Waals surface area contributed by atoms with Gasteiger partial charge in [-0.1, -0.05) is 15.9 Å². The highest BCUT2D eigenvalue weighted by Gasteiger charge is 2.34. The molecule has 0 aliphatic heterocycles. The Bertz CT molecular complexity index is 632. The van der Waals surface area contributed by atoms with Gasteiger partial charge < -0.3 is 4.42 Å². The zero-order valence-electron chi connectivity index (χ0n) is 9.09. The van der Waals surface area contributed by atoms with Crippen LogP contribution in [0.5, 0.6) is 0 Å². The molecular weight excluding hydrogens is 393 g/mol. The van der Waals surface area contributed by atoms with Crippen LogP contribution in [-0.2, 0) is 6.18 Å². The molecule has 0 bridgehead atoms. The standard InChI is InChI=1S/C12H5Br2F3O2/c13-9-4-10(14)8(12(15,16)17)3-7(9)11-2-1-6(5-18)19-11/h1-5H. The molecule has 0 aliphatic carbocycles. The number of hydrogen-bond acceptors (Lipinski definition) is 2. The van der Waals surface area contributed by atoms with Crippen LogP contribution in [0.25, 0.3) is 11.3 Å². The molecule has 0 amide bonds. The Labute approximate surface area is 122 Å². The van der Waals surface area contributed by atoms with Crippen LogP contribution in [0.1, 0.15) is 16.1 Å². The first-order valence-electron chi connectivity index (χ1n) is 4.94. The maximum atomic E-state index is 12.8. The van der Waals surface area contributed by atoms with E-state index < -0.39 is 11.7 Å². The van der Waals surface area contributed by atoms with E-state index >= 15 is 0 Å². The van der Waals surface area contributed by atoms with Gasteiger partial charge in [-0.25, -0.2) is 0 Å². The highest BCUT2D eigenvalue weighted by atomic mass is 79.9. The molecule has 7 heteroatoms. The Kier molecular flexibility index (Phi) is 3.87. The second kappa shape index (κ2) is 5.13. The molecule has 2 aromatic rings. The molecule has 2 rings (SSSR count). The van der Waals surface area contributed by atoms with Gasteiger partial charge >= 0.3 is 6.18 Å². The van der Waals surface area contributed by atoms with Crippen molar-refractivity contribution in [3.8, 4) is 11.3 Å². The van der Waals surface area contributed by atoms with E-state index in [9.17, 15) is 18.0 Å². The van der Waals surface area contributed by atoms with Crippen LogP contribution in [0.4, 0.5) is 13.2 Å². The number of aldehydes is 1.